The van der Waals surface area contributed by atoms with E-state index in [0.717, 1.165) is 25.6 Å². The minimum absolute atomic E-state index is 0.00215. The van der Waals surface area contributed by atoms with Crippen molar-refractivity contribution in [2.24, 2.45) is 11.1 Å². The molecule has 1 unspecified atom stereocenters. The minimum Gasteiger partial charge on any atom is -0.350 e. The van der Waals surface area contributed by atoms with E-state index < -0.39 is 10.0 Å². The van der Waals surface area contributed by atoms with E-state index in [2.05, 4.69) is 15.2 Å². The van der Waals surface area contributed by atoms with Gasteiger partial charge in [-0.2, -0.15) is 0 Å². The predicted molar refractivity (Wildman–Crippen MR) is 98.2 cm³/mol. The third-order valence-corrected chi connectivity index (χ3v) is 6.19. The Morgan fingerprint density at radius 2 is 2.04 bits per heavy atom. The summed E-state index contributed by atoms with van der Waals surface area (Å²) in [6.07, 6.45) is 5.13. The van der Waals surface area contributed by atoms with E-state index in [0.29, 0.717) is 23.2 Å². The molecule has 26 heavy (non-hydrogen) atoms. The predicted octanol–water partition coefficient (Wildman–Crippen LogP) is 1.10. The maximum Gasteiger partial charge on any atom is 0.270 e. The van der Waals surface area contributed by atoms with Gasteiger partial charge in [0.2, 0.25) is 10.0 Å². The lowest BCUT2D eigenvalue weighted by molar-refractivity contribution is 0.0944. The number of primary sulfonamides is 1. The molecule has 1 saturated heterocycles. The van der Waals surface area contributed by atoms with Gasteiger partial charge in [-0.3, -0.25) is 9.78 Å². The summed E-state index contributed by atoms with van der Waals surface area (Å²) in [5, 5.41) is 9.14. The molecule has 138 valence electrons. The Morgan fingerprint density at radius 3 is 2.77 bits per heavy atom. The van der Waals surface area contributed by atoms with Gasteiger partial charge in [-0.1, -0.05) is 12.1 Å². The fourth-order valence-corrected chi connectivity index (χ4v) is 4.48. The van der Waals surface area contributed by atoms with Crippen LogP contribution in [0.4, 0.5) is 0 Å². The number of amides is 1. The van der Waals surface area contributed by atoms with Crippen molar-refractivity contribution in [3.63, 3.8) is 0 Å². The summed E-state index contributed by atoms with van der Waals surface area (Å²) in [4.78, 5) is 19.3. The van der Waals surface area contributed by atoms with E-state index in [1.165, 1.54) is 25.1 Å². The SMILES string of the molecule is NS(=O)(=O)c1cccc2c(C(=O)NCC3CCN(C4CC4)C3)nccc12. The first-order valence-corrected chi connectivity index (χ1v) is 10.4. The van der Waals surface area contributed by atoms with Gasteiger partial charge in [0.15, 0.2) is 0 Å². The molecule has 4 rings (SSSR count). The summed E-state index contributed by atoms with van der Waals surface area (Å²) in [6.45, 7) is 2.74. The number of nitrogens with zero attached hydrogens (tertiary/aromatic N) is 2. The minimum atomic E-state index is -3.87. The van der Waals surface area contributed by atoms with Crippen molar-refractivity contribution in [3.05, 3.63) is 36.2 Å². The number of rotatable bonds is 5. The molecule has 2 fully saturated rings. The average Bonchev–Trinajstić information content (AvgIpc) is 3.36. The van der Waals surface area contributed by atoms with Crippen molar-refractivity contribution in [3.8, 4) is 0 Å². The second-order valence-corrected chi connectivity index (χ2v) is 8.68. The van der Waals surface area contributed by atoms with Gasteiger partial charge in [0.1, 0.15) is 5.69 Å². The lowest BCUT2D eigenvalue weighted by atomic mass is 10.1. The topological polar surface area (TPSA) is 105 Å². The van der Waals surface area contributed by atoms with Crippen LogP contribution in [0.1, 0.15) is 29.8 Å². The van der Waals surface area contributed by atoms with Crippen molar-refractivity contribution in [1.82, 2.24) is 15.2 Å². The van der Waals surface area contributed by atoms with Crippen LogP contribution in [-0.2, 0) is 10.0 Å². The molecule has 0 radical (unpaired) electrons. The molecule has 2 aromatic rings. The average molecular weight is 374 g/mol. The molecule has 0 bridgehead atoms. The Kier molecular flexibility index (Phi) is 4.42. The molecule has 1 atom stereocenters. The quantitative estimate of drug-likeness (QED) is 0.815. The van der Waals surface area contributed by atoms with Crippen molar-refractivity contribution in [2.45, 2.75) is 30.2 Å². The van der Waals surface area contributed by atoms with Crippen molar-refractivity contribution in [2.75, 3.05) is 19.6 Å². The lowest BCUT2D eigenvalue weighted by Gasteiger charge is -2.15. The van der Waals surface area contributed by atoms with Crippen LogP contribution in [0, 0.1) is 5.92 Å². The Labute approximate surface area is 152 Å². The summed E-state index contributed by atoms with van der Waals surface area (Å²) < 4.78 is 23.5. The van der Waals surface area contributed by atoms with Gasteiger partial charge < -0.3 is 10.2 Å². The summed E-state index contributed by atoms with van der Waals surface area (Å²) in [7, 11) is -3.87. The van der Waals surface area contributed by atoms with Crippen molar-refractivity contribution >= 4 is 26.7 Å². The molecular weight excluding hydrogens is 352 g/mol. The van der Waals surface area contributed by atoms with E-state index in [-0.39, 0.29) is 16.5 Å². The molecule has 0 spiro atoms. The Balaban J connectivity index is 1.52. The number of nitrogens with two attached hydrogens (primary N) is 1. The van der Waals surface area contributed by atoms with Gasteiger partial charge in [0.05, 0.1) is 4.90 Å². The van der Waals surface area contributed by atoms with Crippen molar-refractivity contribution in [1.29, 1.82) is 0 Å². The van der Waals surface area contributed by atoms with Gasteiger partial charge >= 0.3 is 0 Å². The maximum atomic E-state index is 12.6. The second-order valence-electron chi connectivity index (χ2n) is 7.15. The number of aromatic nitrogens is 1. The van der Waals surface area contributed by atoms with Gasteiger partial charge in [-0.25, -0.2) is 13.6 Å². The number of carbonyl (C=O) groups excluding carboxylic acids is 1. The summed E-state index contributed by atoms with van der Waals surface area (Å²) in [5.74, 6) is 0.168. The number of carbonyl (C=O) groups is 1. The standard InChI is InChI=1S/C18H22N4O3S/c19-26(24,25)16-3-1-2-15-14(16)6-8-20-17(15)18(23)21-10-12-7-9-22(11-12)13-4-5-13/h1-3,6,8,12-13H,4-5,7,9-11H2,(H,21,23)(H2,19,24,25). The van der Waals surface area contributed by atoms with E-state index in [9.17, 15) is 13.2 Å². The molecule has 1 amide bonds. The Morgan fingerprint density at radius 1 is 1.23 bits per heavy atom. The summed E-state index contributed by atoms with van der Waals surface area (Å²) in [5.41, 5.74) is 0.227. The summed E-state index contributed by atoms with van der Waals surface area (Å²) in [6, 6.07) is 7.02. The number of fused-ring (bicyclic) bond motifs is 1. The van der Waals surface area contributed by atoms with Crippen LogP contribution in [0.25, 0.3) is 10.8 Å². The number of hydrogen-bond donors (Lipinski definition) is 2. The third kappa shape index (κ3) is 3.44. The van der Waals surface area contributed by atoms with Gasteiger partial charge in [0.25, 0.3) is 5.91 Å². The van der Waals surface area contributed by atoms with Gasteiger partial charge in [-0.15, -0.1) is 0 Å². The van der Waals surface area contributed by atoms with Crippen LogP contribution in [0.5, 0.6) is 0 Å². The molecule has 8 heteroatoms. The zero-order valence-electron chi connectivity index (χ0n) is 14.4. The van der Waals surface area contributed by atoms with E-state index in [1.807, 2.05) is 0 Å². The highest BCUT2D eigenvalue weighted by atomic mass is 32.2. The zero-order valence-corrected chi connectivity index (χ0v) is 15.2. The van der Waals surface area contributed by atoms with Crippen molar-refractivity contribution < 1.29 is 13.2 Å². The van der Waals surface area contributed by atoms with Crippen LogP contribution in [-0.4, -0.2) is 49.9 Å². The second kappa shape index (κ2) is 6.61. The largest absolute Gasteiger partial charge is 0.350 e. The number of nitrogens with one attached hydrogen (secondary N) is 1. The Bertz CT molecular complexity index is 956. The number of hydrogen-bond acceptors (Lipinski definition) is 5. The third-order valence-electron chi connectivity index (χ3n) is 5.22. The maximum absolute atomic E-state index is 12.6. The molecule has 3 N–H and O–H groups in total. The lowest BCUT2D eigenvalue weighted by Crippen LogP contribution is -2.32. The number of likely N-dealkylation sites (tertiary alicyclic amines) is 1. The first-order chi connectivity index (χ1) is 12.4. The van der Waals surface area contributed by atoms with E-state index >= 15 is 0 Å². The molecule has 1 aliphatic carbocycles. The molecule has 2 heterocycles. The van der Waals surface area contributed by atoms with Crippen LogP contribution >= 0.6 is 0 Å². The molecule has 1 aliphatic heterocycles. The van der Waals surface area contributed by atoms with E-state index in [4.69, 9.17) is 5.14 Å². The molecule has 1 saturated carbocycles. The molecule has 1 aromatic carbocycles. The van der Waals surface area contributed by atoms with E-state index in [1.54, 1.807) is 18.2 Å². The van der Waals surface area contributed by atoms with Gasteiger partial charge in [-0.05, 0) is 43.9 Å². The van der Waals surface area contributed by atoms with Gasteiger partial charge in [0, 0.05) is 36.1 Å². The monoisotopic (exact) mass is 374 g/mol. The number of sulfonamides is 1. The number of benzene rings is 1. The molecule has 2 aliphatic rings. The fraction of sp³-hybridized carbons (Fsp3) is 0.444. The highest BCUT2D eigenvalue weighted by Gasteiger charge is 2.34. The number of pyridine rings is 1. The highest BCUT2D eigenvalue weighted by Crippen LogP contribution is 2.31. The van der Waals surface area contributed by atoms with Crippen LogP contribution in [0.2, 0.25) is 0 Å². The fourth-order valence-electron chi connectivity index (χ4n) is 3.73. The summed E-state index contributed by atoms with van der Waals surface area (Å²) >= 11 is 0. The van der Waals surface area contributed by atoms with Crippen LogP contribution in [0.15, 0.2) is 35.4 Å². The molecule has 1 aromatic heterocycles. The molecule has 7 nitrogen and oxygen atoms in total. The molecular formula is C18H22N4O3S. The highest BCUT2D eigenvalue weighted by molar-refractivity contribution is 7.89. The Hall–Kier alpha value is -2.03. The smallest absolute Gasteiger partial charge is 0.270 e. The van der Waals surface area contributed by atoms with Crippen LogP contribution in [0.3, 0.4) is 0 Å². The first-order valence-electron chi connectivity index (χ1n) is 8.86. The van der Waals surface area contributed by atoms with Crippen LogP contribution < -0.4 is 10.5 Å². The zero-order chi connectivity index (χ0) is 18.3. The normalized spacial score (nSPS) is 21.2. The first kappa shape index (κ1) is 17.4.